The first-order valence-electron chi connectivity index (χ1n) is 8.37. The van der Waals surface area contributed by atoms with Crippen molar-refractivity contribution in [3.8, 4) is 0 Å². The Morgan fingerprint density at radius 1 is 1.12 bits per heavy atom. The Kier molecular flexibility index (Phi) is 4.94. The lowest BCUT2D eigenvalue weighted by Crippen LogP contribution is -2.50. The molecule has 1 aromatic carbocycles. The molecule has 1 unspecified atom stereocenters. The molecule has 2 fully saturated rings. The third-order valence-electron chi connectivity index (χ3n) is 4.90. The normalized spacial score (nSPS) is 22.8. The number of nitrogens with zero attached hydrogens (tertiary/aromatic N) is 2. The molecule has 0 radical (unpaired) electrons. The molecular weight excluding hydrogens is 328 g/mol. The van der Waals surface area contributed by atoms with E-state index in [1.165, 1.54) is 4.31 Å². The highest BCUT2D eigenvalue weighted by Crippen LogP contribution is 2.28. The van der Waals surface area contributed by atoms with Crippen LogP contribution in [0.1, 0.15) is 24.0 Å². The Bertz CT molecular complexity index is 726. The lowest BCUT2D eigenvalue weighted by Gasteiger charge is -2.32. The first kappa shape index (κ1) is 17.4. The van der Waals surface area contributed by atoms with Crippen LogP contribution in [0.4, 0.5) is 0 Å². The number of carbonyl (C=O) groups is 1. The van der Waals surface area contributed by atoms with Gasteiger partial charge in [-0.05, 0) is 49.9 Å². The monoisotopic (exact) mass is 352 g/mol. The van der Waals surface area contributed by atoms with E-state index < -0.39 is 16.1 Å². The number of sulfonamides is 1. The average Bonchev–Trinajstić information content (AvgIpc) is 3.08. The van der Waals surface area contributed by atoms with E-state index in [1.807, 2.05) is 19.9 Å². The van der Waals surface area contributed by atoms with Crippen molar-refractivity contribution in [2.24, 2.45) is 0 Å². The van der Waals surface area contributed by atoms with E-state index in [1.54, 1.807) is 17.0 Å². The van der Waals surface area contributed by atoms with Crippen molar-refractivity contribution < 1.29 is 17.9 Å². The van der Waals surface area contributed by atoms with Gasteiger partial charge in [0.05, 0.1) is 18.1 Å². The second-order valence-electron chi connectivity index (χ2n) is 6.46. The maximum absolute atomic E-state index is 13.0. The van der Waals surface area contributed by atoms with Crippen LogP contribution in [0.25, 0.3) is 0 Å². The summed E-state index contributed by atoms with van der Waals surface area (Å²) in [7, 11) is -3.66. The van der Waals surface area contributed by atoms with E-state index in [2.05, 4.69) is 0 Å². The van der Waals surface area contributed by atoms with Crippen LogP contribution in [0.5, 0.6) is 0 Å². The van der Waals surface area contributed by atoms with Crippen molar-refractivity contribution in [3.05, 3.63) is 29.3 Å². The molecule has 0 aromatic heterocycles. The lowest BCUT2D eigenvalue weighted by molar-refractivity contribution is -0.138. The summed E-state index contributed by atoms with van der Waals surface area (Å²) in [6, 6.07) is 4.55. The first-order chi connectivity index (χ1) is 11.4. The zero-order valence-corrected chi connectivity index (χ0v) is 15.0. The third-order valence-corrected chi connectivity index (χ3v) is 6.80. The second-order valence-corrected chi connectivity index (χ2v) is 8.35. The van der Waals surface area contributed by atoms with Crippen molar-refractivity contribution >= 4 is 15.9 Å². The van der Waals surface area contributed by atoms with Crippen LogP contribution in [0.15, 0.2) is 23.1 Å². The molecule has 0 spiro atoms. The van der Waals surface area contributed by atoms with Crippen molar-refractivity contribution in [2.45, 2.75) is 37.6 Å². The van der Waals surface area contributed by atoms with Gasteiger partial charge < -0.3 is 9.64 Å². The Hall–Kier alpha value is -1.44. The fourth-order valence-corrected chi connectivity index (χ4v) is 5.02. The summed E-state index contributed by atoms with van der Waals surface area (Å²) in [5.41, 5.74) is 1.99. The van der Waals surface area contributed by atoms with Crippen LogP contribution in [0, 0.1) is 13.8 Å². The van der Waals surface area contributed by atoms with Crippen LogP contribution in [0.3, 0.4) is 0 Å². The van der Waals surface area contributed by atoms with E-state index in [4.69, 9.17) is 4.74 Å². The number of amides is 1. The molecule has 1 amide bonds. The molecule has 1 aromatic rings. The highest BCUT2D eigenvalue weighted by molar-refractivity contribution is 7.89. The van der Waals surface area contributed by atoms with Gasteiger partial charge in [0.15, 0.2) is 0 Å². The molecule has 1 atom stereocenters. The van der Waals surface area contributed by atoms with Crippen LogP contribution in [0.2, 0.25) is 0 Å². The standard InChI is InChI=1S/C17H24N2O4S/c1-13-5-6-15(12-14(13)2)24(21,22)19-7-3-4-16(19)17(20)18-8-10-23-11-9-18/h5-6,12,16H,3-4,7-11H2,1-2H3. The summed E-state index contributed by atoms with van der Waals surface area (Å²) < 4.78 is 32.7. The summed E-state index contributed by atoms with van der Waals surface area (Å²) in [6.07, 6.45) is 1.30. The lowest BCUT2D eigenvalue weighted by atomic mass is 10.1. The zero-order chi connectivity index (χ0) is 17.3. The highest BCUT2D eigenvalue weighted by atomic mass is 32.2. The largest absolute Gasteiger partial charge is 0.378 e. The van der Waals surface area contributed by atoms with Gasteiger partial charge in [-0.15, -0.1) is 0 Å². The van der Waals surface area contributed by atoms with Gasteiger partial charge in [0.1, 0.15) is 6.04 Å². The molecule has 0 bridgehead atoms. The molecule has 3 rings (SSSR count). The molecule has 2 aliphatic rings. The molecule has 0 aliphatic carbocycles. The van der Waals surface area contributed by atoms with Crippen molar-refractivity contribution in [2.75, 3.05) is 32.8 Å². The van der Waals surface area contributed by atoms with E-state index in [0.717, 1.165) is 11.1 Å². The second kappa shape index (κ2) is 6.82. The summed E-state index contributed by atoms with van der Waals surface area (Å²) in [4.78, 5) is 14.8. The van der Waals surface area contributed by atoms with Gasteiger partial charge in [0.25, 0.3) is 0 Å². The molecule has 0 saturated carbocycles. The maximum atomic E-state index is 13.0. The Morgan fingerprint density at radius 3 is 2.50 bits per heavy atom. The fourth-order valence-electron chi connectivity index (χ4n) is 3.28. The van der Waals surface area contributed by atoms with Crippen LogP contribution in [-0.2, 0) is 19.6 Å². The van der Waals surface area contributed by atoms with Crippen molar-refractivity contribution in [3.63, 3.8) is 0 Å². The number of aryl methyl sites for hydroxylation is 2. The summed E-state index contributed by atoms with van der Waals surface area (Å²) in [5, 5.41) is 0. The van der Waals surface area contributed by atoms with Gasteiger partial charge in [0, 0.05) is 19.6 Å². The van der Waals surface area contributed by atoms with Crippen LogP contribution < -0.4 is 0 Å². The Balaban J connectivity index is 1.85. The van der Waals surface area contributed by atoms with Gasteiger partial charge in [-0.3, -0.25) is 4.79 Å². The van der Waals surface area contributed by atoms with Gasteiger partial charge >= 0.3 is 0 Å². The molecule has 2 saturated heterocycles. The predicted octanol–water partition coefficient (Wildman–Crippen LogP) is 1.32. The molecule has 2 heterocycles. The molecule has 7 heteroatoms. The van der Waals surface area contributed by atoms with E-state index in [0.29, 0.717) is 45.7 Å². The summed E-state index contributed by atoms with van der Waals surface area (Å²) >= 11 is 0. The summed E-state index contributed by atoms with van der Waals surface area (Å²) in [5.74, 6) is -0.0943. The highest BCUT2D eigenvalue weighted by Gasteiger charge is 2.41. The average molecular weight is 352 g/mol. The minimum absolute atomic E-state index is 0.0943. The smallest absolute Gasteiger partial charge is 0.243 e. The summed E-state index contributed by atoms with van der Waals surface area (Å²) in [6.45, 7) is 6.35. The number of hydrogen-bond acceptors (Lipinski definition) is 4. The van der Waals surface area contributed by atoms with E-state index in [-0.39, 0.29) is 10.8 Å². The van der Waals surface area contributed by atoms with Gasteiger partial charge in [-0.2, -0.15) is 4.31 Å². The number of rotatable bonds is 3. The topological polar surface area (TPSA) is 66.9 Å². The quantitative estimate of drug-likeness (QED) is 0.823. The zero-order valence-electron chi connectivity index (χ0n) is 14.2. The first-order valence-corrected chi connectivity index (χ1v) is 9.81. The molecule has 0 N–H and O–H groups in total. The van der Waals surface area contributed by atoms with Crippen molar-refractivity contribution in [1.29, 1.82) is 0 Å². The maximum Gasteiger partial charge on any atom is 0.243 e. The van der Waals surface area contributed by atoms with Gasteiger partial charge in [-0.1, -0.05) is 6.07 Å². The number of hydrogen-bond donors (Lipinski definition) is 0. The van der Waals surface area contributed by atoms with Crippen molar-refractivity contribution in [1.82, 2.24) is 9.21 Å². The van der Waals surface area contributed by atoms with E-state index >= 15 is 0 Å². The molecule has 132 valence electrons. The third kappa shape index (κ3) is 3.20. The van der Waals surface area contributed by atoms with Gasteiger partial charge in [-0.25, -0.2) is 8.42 Å². The minimum Gasteiger partial charge on any atom is -0.378 e. The number of carbonyl (C=O) groups excluding carboxylic acids is 1. The number of benzene rings is 1. The van der Waals surface area contributed by atoms with Crippen LogP contribution >= 0.6 is 0 Å². The molecule has 6 nitrogen and oxygen atoms in total. The van der Waals surface area contributed by atoms with Gasteiger partial charge in [0.2, 0.25) is 15.9 Å². The predicted molar refractivity (Wildman–Crippen MR) is 90.2 cm³/mol. The molecule has 2 aliphatic heterocycles. The Labute approximate surface area is 143 Å². The van der Waals surface area contributed by atoms with Crippen LogP contribution in [-0.4, -0.2) is 62.4 Å². The SMILES string of the molecule is Cc1ccc(S(=O)(=O)N2CCCC2C(=O)N2CCOCC2)cc1C. The molecular formula is C17H24N2O4S. The fraction of sp³-hybridized carbons (Fsp3) is 0.588. The van der Waals surface area contributed by atoms with E-state index in [9.17, 15) is 13.2 Å². The minimum atomic E-state index is -3.66. The molecule has 24 heavy (non-hydrogen) atoms. The number of morpholine rings is 1. The number of ether oxygens (including phenoxy) is 1. The Morgan fingerprint density at radius 2 is 1.83 bits per heavy atom.